The van der Waals surface area contributed by atoms with Crippen LogP contribution in [0.5, 0.6) is 0 Å². The van der Waals surface area contributed by atoms with E-state index in [4.69, 9.17) is 11.6 Å². The first-order chi connectivity index (χ1) is 8.56. The maximum absolute atomic E-state index is 13.9. The van der Waals surface area contributed by atoms with E-state index in [1.807, 2.05) is 13.0 Å². The molecule has 2 nitrogen and oxygen atoms in total. The maximum Gasteiger partial charge on any atom is 0.240 e. The zero-order valence-corrected chi connectivity index (χ0v) is 12.7. The summed E-state index contributed by atoms with van der Waals surface area (Å²) < 4.78 is 13.8. The highest BCUT2D eigenvalue weighted by molar-refractivity contribution is 14.1. The third-order valence-electron chi connectivity index (χ3n) is 2.88. The molecular weight excluding hydrogens is 368 g/mol. The summed E-state index contributed by atoms with van der Waals surface area (Å²) in [6, 6.07) is 4.55. The Hall–Kier alpha value is -0.620. The average molecular weight is 380 g/mol. The topological polar surface area (TPSA) is 20.3 Å². The van der Waals surface area contributed by atoms with Gasteiger partial charge in [0.1, 0.15) is 5.82 Å². The highest BCUT2D eigenvalue weighted by atomic mass is 127. The van der Waals surface area contributed by atoms with Gasteiger partial charge in [0.2, 0.25) is 5.91 Å². The molecule has 1 unspecified atom stereocenters. The van der Waals surface area contributed by atoms with Crippen molar-refractivity contribution in [2.24, 2.45) is 0 Å². The Labute approximate surface area is 124 Å². The number of rotatable bonds is 2. The van der Waals surface area contributed by atoms with Crippen LogP contribution in [0.4, 0.5) is 4.39 Å². The molecule has 0 bridgehead atoms. The van der Waals surface area contributed by atoms with Crippen LogP contribution in [0.3, 0.4) is 0 Å². The standard InChI is InChI=1S/C13H12ClFINO/c1-2-17-11(7-6-10(16)13(17)18)12-8(14)4-3-5-9(12)15/h3-5,7,10H,2,6H2,1H3. The van der Waals surface area contributed by atoms with Crippen molar-refractivity contribution >= 4 is 45.8 Å². The van der Waals surface area contributed by atoms with Crippen molar-refractivity contribution in [2.75, 3.05) is 6.54 Å². The third-order valence-corrected chi connectivity index (χ3v) is 4.23. The van der Waals surface area contributed by atoms with Gasteiger partial charge in [0.05, 0.1) is 20.2 Å². The molecule has 0 aliphatic carbocycles. The minimum Gasteiger partial charge on any atom is -0.311 e. The van der Waals surface area contributed by atoms with E-state index in [2.05, 4.69) is 22.6 Å². The van der Waals surface area contributed by atoms with Gasteiger partial charge >= 0.3 is 0 Å². The summed E-state index contributed by atoms with van der Waals surface area (Å²) in [7, 11) is 0. The van der Waals surface area contributed by atoms with Crippen LogP contribution in [0.1, 0.15) is 18.9 Å². The lowest BCUT2D eigenvalue weighted by atomic mass is 10.0. The fourth-order valence-corrected chi connectivity index (χ4v) is 2.87. The van der Waals surface area contributed by atoms with E-state index in [0.29, 0.717) is 29.2 Å². The maximum atomic E-state index is 13.9. The first kappa shape index (κ1) is 13.8. The Morgan fingerprint density at radius 1 is 1.56 bits per heavy atom. The van der Waals surface area contributed by atoms with Crippen molar-refractivity contribution in [1.82, 2.24) is 4.90 Å². The predicted molar refractivity (Wildman–Crippen MR) is 79.2 cm³/mol. The Bertz CT molecular complexity index is 497. The molecule has 1 aliphatic rings. The van der Waals surface area contributed by atoms with Crippen LogP contribution in [0.2, 0.25) is 5.02 Å². The van der Waals surface area contributed by atoms with Gasteiger partial charge in [0.25, 0.3) is 0 Å². The summed E-state index contributed by atoms with van der Waals surface area (Å²) in [5.74, 6) is -0.387. The second-order valence-corrected chi connectivity index (χ2v) is 5.88. The van der Waals surface area contributed by atoms with Crippen LogP contribution in [-0.4, -0.2) is 21.3 Å². The van der Waals surface area contributed by atoms with E-state index in [9.17, 15) is 9.18 Å². The fourth-order valence-electron chi connectivity index (χ4n) is 2.02. The molecule has 2 rings (SSSR count). The molecule has 1 atom stereocenters. The molecule has 0 aromatic heterocycles. The summed E-state index contributed by atoms with van der Waals surface area (Å²) in [4.78, 5) is 13.7. The molecular formula is C13H12ClFINO. The molecule has 18 heavy (non-hydrogen) atoms. The molecule has 0 radical (unpaired) electrons. The molecule has 1 amide bonds. The Balaban J connectivity index is 2.52. The first-order valence-electron chi connectivity index (χ1n) is 5.66. The Morgan fingerprint density at radius 3 is 2.89 bits per heavy atom. The van der Waals surface area contributed by atoms with Crippen LogP contribution in [0.15, 0.2) is 24.3 Å². The van der Waals surface area contributed by atoms with Crippen molar-refractivity contribution in [3.63, 3.8) is 0 Å². The molecule has 0 spiro atoms. The van der Waals surface area contributed by atoms with Crippen LogP contribution in [-0.2, 0) is 4.79 Å². The second kappa shape index (κ2) is 5.57. The monoisotopic (exact) mass is 379 g/mol. The molecule has 96 valence electrons. The largest absolute Gasteiger partial charge is 0.311 e. The summed E-state index contributed by atoms with van der Waals surface area (Å²) in [6.45, 7) is 2.38. The van der Waals surface area contributed by atoms with E-state index >= 15 is 0 Å². The molecule has 1 aliphatic heterocycles. The van der Waals surface area contributed by atoms with E-state index in [1.165, 1.54) is 6.07 Å². The van der Waals surface area contributed by atoms with Gasteiger partial charge in [-0.05, 0) is 25.5 Å². The SMILES string of the molecule is CCN1C(=O)C(I)CC=C1c1c(F)cccc1Cl. The molecule has 1 aromatic carbocycles. The Kier molecular flexibility index (Phi) is 4.27. The number of hydrogen-bond acceptors (Lipinski definition) is 1. The molecule has 0 saturated heterocycles. The fraction of sp³-hybridized carbons (Fsp3) is 0.308. The van der Waals surface area contributed by atoms with E-state index in [0.717, 1.165) is 0 Å². The average Bonchev–Trinajstić information content (AvgIpc) is 2.33. The highest BCUT2D eigenvalue weighted by Gasteiger charge is 2.30. The number of nitrogens with zero attached hydrogens (tertiary/aromatic N) is 1. The predicted octanol–water partition coefficient (Wildman–Crippen LogP) is 3.88. The zero-order chi connectivity index (χ0) is 13.3. The molecule has 0 fully saturated rings. The van der Waals surface area contributed by atoms with Crippen molar-refractivity contribution in [2.45, 2.75) is 17.3 Å². The third kappa shape index (κ3) is 2.40. The summed E-state index contributed by atoms with van der Waals surface area (Å²) in [5.41, 5.74) is 0.899. The van der Waals surface area contributed by atoms with Crippen molar-refractivity contribution < 1.29 is 9.18 Å². The number of amides is 1. The molecule has 0 N–H and O–H groups in total. The number of carbonyl (C=O) groups is 1. The second-order valence-electron chi connectivity index (χ2n) is 3.97. The Morgan fingerprint density at radius 2 is 2.28 bits per heavy atom. The lowest BCUT2D eigenvalue weighted by Gasteiger charge is -2.31. The smallest absolute Gasteiger partial charge is 0.240 e. The van der Waals surface area contributed by atoms with Gasteiger partial charge < -0.3 is 4.90 Å². The van der Waals surface area contributed by atoms with E-state index in [-0.39, 0.29) is 9.83 Å². The van der Waals surface area contributed by atoms with Crippen molar-refractivity contribution in [3.8, 4) is 0 Å². The number of allylic oxidation sites excluding steroid dienone is 1. The van der Waals surface area contributed by atoms with Crippen LogP contribution >= 0.6 is 34.2 Å². The summed E-state index contributed by atoms with van der Waals surface area (Å²) in [6.07, 6.45) is 2.49. The number of benzene rings is 1. The molecule has 1 aromatic rings. The van der Waals surface area contributed by atoms with Gasteiger partial charge in [0.15, 0.2) is 0 Å². The normalized spacial score (nSPS) is 20.0. The van der Waals surface area contributed by atoms with Gasteiger partial charge in [-0.1, -0.05) is 46.3 Å². The molecule has 5 heteroatoms. The minimum atomic E-state index is -0.396. The lowest BCUT2D eigenvalue weighted by Crippen LogP contribution is -2.38. The lowest BCUT2D eigenvalue weighted by molar-refractivity contribution is -0.127. The summed E-state index contributed by atoms with van der Waals surface area (Å²) >= 11 is 8.15. The first-order valence-corrected chi connectivity index (χ1v) is 7.28. The van der Waals surface area contributed by atoms with Gasteiger partial charge in [-0.15, -0.1) is 0 Å². The van der Waals surface area contributed by atoms with E-state index < -0.39 is 5.82 Å². The molecule has 0 saturated carbocycles. The van der Waals surface area contributed by atoms with E-state index in [1.54, 1.807) is 17.0 Å². The van der Waals surface area contributed by atoms with Crippen LogP contribution < -0.4 is 0 Å². The van der Waals surface area contributed by atoms with Crippen molar-refractivity contribution in [3.05, 3.63) is 40.7 Å². The number of alkyl halides is 1. The van der Waals surface area contributed by atoms with Crippen LogP contribution in [0, 0.1) is 5.82 Å². The van der Waals surface area contributed by atoms with Gasteiger partial charge in [0, 0.05) is 6.54 Å². The number of carbonyl (C=O) groups excluding carboxylic acids is 1. The summed E-state index contributed by atoms with van der Waals surface area (Å²) in [5, 5.41) is 0.333. The zero-order valence-electron chi connectivity index (χ0n) is 9.79. The highest BCUT2D eigenvalue weighted by Crippen LogP contribution is 2.34. The van der Waals surface area contributed by atoms with Crippen LogP contribution in [0.25, 0.3) is 5.70 Å². The minimum absolute atomic E-state index is 0.00918. The number of halogens is 3. The van der Waals surface area contributed by atoms with Gasteiger partial charge in [-0.2, -0.15) is 0 Å². The van der Waals surface area contributed by atoms with Crippen molar-refractivity contribution in [1.29, 1.82) is 0 Å². The number of hydrogen-bond donors (Lipinski definition) is 0. The van der Waals surface area contributed by atoms with Gasteiger partial charge in [-0.25, -0.2) is 4.39 Å². The molecule has 1 heterocycles. The quantitative estimate of drug-likeness (QED) is 0.564. The van der Waals surface area contributed by atoms with Gasteiger partial charge in [-0.3, -0.25) is 4.79 Å².